The van der Waals surface area contributed by atoms with Gasteiger partial charge in [0.15, 0.2) is 0 Å². The van der Waals surface area contributed by atoms with Crippen LogP contribution >= 0.6 is 27.5 Å². The Balaban J connectivity index is 2.07. The Morgan fingerprint density at radius 1 is 1.47 bits per heavy atom. The van der Waals surface area contributed by atoms with Gasteiger partial charge in [0.25, 0.3) is 0 Å². The minimum atomic E-state index is 0.709. The maximum absolute atomic E-state index is 5.91. The highest BCUT2D eigenvalue weighted by Crippen LogP contribution is 2.21. The lowest BCUT2D eigenvalue weighted by Gasteiger charge is -2.06. The molecule has 0 spiro atoms. The molecule has 1 heterocycles. The highest BCUT2D eigenvalue weighted by molar-refractivity contribution is 9.10. The maximum Gasteiger partial charge on any atom is 0.0726 e. The number of anilines is 1. The number of H-pyrrole nitrogens is 1. The molecular formula is C10H9BrClN3. The summed E-state index contributed by atoms with van der Waals surface area (Å²) in [5.41, 5.74) is 2.07. The van der Waals surface area contributed by atoms with Crippen LogP contribution in [0.2, 0.25) is 5.02 Å². The normalized spacial score (nSPS) is 10.3. The van der Waals surface area contributed by atoms with Gasteiger partial charge >= 0.3 is 0 Å². The van der Waals surface area contributed by atoms with Crippen molar-refractivity contribution in [2.24, 2.45) is 0 Å². The zero-order chi connectivity index (χ0) is 10.7. The first-order valence-corrected chi connectivity index (χ1v) is 5.59. The lowest BCUT2D eigenvalue weighted by Crippen LogP contribution is -1.99. The first-order chi connectivity index (χ1) is 7.25. The van der Waals surface area contributed by atoms with E-state index >= 15 is 0 Å². The van der Waals surface area contributed by atoms with Crippen molar-refractivity contribution in [3.05, 3.63) is 45.7 Å². The summed E-state index contributed by atoms with van der Waals surface area (Å²) < 4.78 is 1.04. The topological polar surface area (TPSA) is 40.7 Å². The Hall–Kier alpha value is -1.00. The van der Waals surface area contributed by atoms with Crippen molar-refractivity contribution in [2.45, 2.75) is 6.54 Å². The highest BCUT2D eigenvalue weighted by atomic mass is 79.9. The fourth-order valence-corrected chi connectivity index (χ4v) is 1.81. The standard InChI is InChI=1S/C10H9BrClN3/c11-10-2-1-8(12)3-7(10)4-13-9-5-14-15-6-9/h1-3,5-6,13H,4H2,(H,14,15). The number of rotatable bonds is 3. The molecule has 0 amide bonds. The zero-order valence-corrected chi connectivity index (χ0v) is 10.1. The van der Waals surface area contributed by atoms with Crippen molar-refractivity contribution < 1.29 is 0 Å². The van der Waals surface area contributed by atoms with Gasteiger partial charge in [0.2, 0.25) is 0 Å². The quantitative estimate of drug-likeness (QED) is 0.907. The first-order valence-electron chi connectivity index (χ1n) is 4.42. The number of aromatic nitrogens is 2. The van der Waals surface area contributed by atoms with Crippen LogP contribution in [-0.2, 0) is 6.54 Å². The van der Waals surface area contributed by atoms with Crippen LogP contribution in [0.3, 0.4) is 0 Å². The minimum absolute atomic E-state index is 0.709. The van der Waals surface area contributed by atoms with Crippen molar-refractivity contribution in [1.82, 2.24) is 10.2 Å². The molecule has 2 rings (SSSR count). The van der Waals surface area contributed by atoms with E-state index in [0.29, 0.717) is 6.54 Å². The van der Waals surface area contributed by atoms with Gasteiger partial charge in [-0.15, -0.1) is 0 Å². The van der Waals surface area contributed by atoms with Crippen molar-refractivity contribution in [3.63, 3.8) is 0 Å². The van der Waals surface area contributed by atoms with Crippen molar-refractivity contribution in [3.8, 4) is 0 Å². The molecule has 2 N–H and O–H groups in total. The van der Waals surface area contributed by atoms with E-state index < -0.39 is 0 Å². The van der Waals surface area contributed by atoms with Gasteiger partial charge in [0, 0.05) is 22.2 Å². The highest BCUT2D eigenvalue weighted by Gasteiger charge is 2.01. The number of halogens is 2. The van der Waals surface area contributed by atoms with E-state index in [1.54, 1.807) is 12.4 Å². The summed E-state index contributed by atoms with van der Waals surface area (Å²) in [4.78, 5) is 0. The smallest absolute Gasteiger partial charge is 0.0726 e. The van der Waals surface area contributed by atoms with Gasteiger partial charge in [0.1, 0.15) is 0 Å². The predicted octanol–water partition coefficient (Wildman–Crippen LogP) is 3.44. The molecule has 78 valence electrons. The van der Waals surface area contributed by atoms with E-state index in [-0.39, 0.29) is 0 Å². The number of aromatic amines is 1. The van der Waals surface area contributed by atoms with Crippen LogP contribution in [0.25, 0.3) is 0 Å². The van der Waals surface area contributed by atoms with Crippen LogP contribution in [-0.4, -0.2) is 10.2 Å². The van der Waals surface area contributed by atoms with E-state index in [9.17, 15) is 0 Å². The van der Waals surface area contributed by atoms with Gasteiger partial charge in [-0.1, -0.05) is 27.5 Å². The van der Waals surface area contributed by atoms with Crippen LogP contribution in [0.5, 0.6) is 0 Å². The van der Waals surface area contributed by atoms with Gasteiger partial charge in [-0.2, -0.15) is 5.10 Å². The third-order valence-corrected chi connectivity index (χ3v) is 3.00. The summed E-state index contributed by atoms with van der Waals surface area (Å²) in [6.45, 7) is 0.709. The molecule has 3 nitrogen and oxygen atoms in total. The molecule has 5 heteroatoms. The lowest BCUT2D eigenvalue weighted by molar-refractivity contribution is 1.09. The Kier molecular flexibility index (Phi) is 3.28. The summed E-state index contributed by atoms with van der Waals surface area (Å²) in [5.74, 6) is 0. The fourth-order valence-electron chi connectivity index (χ4n) is 1.22. The first kappa shape index (κ1) is 10.5. The SMILES string of the molecule is Clc1ccc(Br)c(CNc2cn[nH]c2)c1. The molecule has 1 aromatic carbocycles. The molecule has 0 atom stereocenters. The number of nitrogens with one attached hydrogen (secondary N) is 2. The van der Waals surface area contributed by atoms with Gasteiger partial charge in [-0.3, -0.25) is 5.10 Å². The molecule has 0 unspecified atom stereocenters. The number of nitrogens with zero attached hydrogens (tertiary/aromatic N) is 1. The van der Waals surface area contributed by atoms with Crippen molar-refractivity contribution >= 4 is 33.2 Å². The van der Waals surface area contributed by atoms with Crippen LogP contribution in [0.1, 0.15) is 5.56 Å². The monoisotopic (exact) mass is 285 g/mol. The van der Waals surface area contributed by atoms with E-state index in [0.717, 1.165) is 20.7 Å². The van der Waals surface area contributed by atoms with Gasteiger partial charge in [-0.25, -0.2) is 0 Å². The number of hydrogen-bond donors (Lipinski definition) is 2. The average molecular weight is 287 g/mol. The van der Waals surface area contributed by atoms with Crippen molar-refractivity contribution in [2.75, 3.05) is 5.32 Å². The van der Waals surface area contributed by atoms with E-state index in [2.05, 4.69) is 31.4 Å². The predicted molar refractivity (Wildman–Crippen MR) is 65.1 cm³/mol. The van der Waals surface area contributed by atoms with Crippen LogP contribution in [0.4, 0.5) is 5.69 Å². The van der Waals surface area contributed by atoms with Crippen LogP contribution in [0.15, 0.2) is 35.1 Å². The Bertz CT molecular complexity index is 442. The largest absolute Gasteiger partial charge is 0.378 e. The van der Waals surface area contributed by atoms with E-state index in [1.807, 2.05) is 18.2 Å². The third-order valence-electron chi connectivity index (χ3n) is 1.99. The molecule has 0 saturated heterocycles. The Labute approximate surface area is 101 Å². The summed E-state index contributed by atoms with van der Waals surface area (Å²) in [7, 11) is 0. The Morgan fingerprint density at radius 3 is 3.07 bits per heavy atom. The van der Waals surface area contributed by atoms with Gasteiger partial charge in [0.05, 0.1) is 11.9 Å². The summed E-state index contributed by atoms with van der Waals surface area (Å²) >= 11 is 9.38. The molecule has 2 aromatic rings. The minimum Gasteiger partial charge on any atom is -0.378 e. The molecule has 0 saturated carbocycles. The number of benzene rings is 1. The second kappa shape index (κ2) is 4.68. The molecule has 0 aliphatic rings. The van der Waals surface area contributed by atoms with Crippen molar-refractivity contribution in [1.29, 1.82) is 0 Å². The zero-order valence-electron chi connectivity index (χ0n) is 7.80. The summed E-state index contributed by atoms with van der Waals surface area (Å²) in [5, 5.41) is 10.6. The van der Waals surface area contributed by atoms with Crippen LogP contribution < -0.4 is 5.32 Å². The second-order valence-corrected chi connectivity index (χ2v) is 4.37. The third kappa shape index (κ3) is 2.73. The molecule has 0 aliphatic carbocycles. The molecular weight excluding hydrogens is 277 g/mol. The molecule has 0 aliphatic heterocycles. The van der Waals surface area contributed by atoms with E-state index in [4.69, 9.17) is 11.6 Å². The fraction of sp³-hybridized carbons (Fsp3) is 0.100. The average Bonchev–Trinajstić information content (AvgIpc) is 2.72. The molecule has 15 heavy (non-hydrogen) atoms. The van der Waals surface area contributed by atoms with Gasteiger partial charge < -0.3 is 5.32 Å². The molecule has 1 aromatic heterocycles. The van der Waals surface area contributed by atoms with Crippen LogP contribution in [0, 0.1) is 0 Å². The summed E-state index contributed by atoms with van der Waals surface area (Å²) in [6.07, 6.45) is 3.54. The molecule has 0 radical (unpaired) electrons. The van der Waals surface area contributed by atoms with Gasteiger partial charge in [-0.05, 0) is 23.8 Å². The molecule has 0 fully saturated rings. The molecule has 0 bridgehead atoms. The maximum atomic E-state index is 5.91. The van der Waals surface area contributed by atoms with E-state index in [1.165, 1.54) is 0 Å². The lowest BCUT2D eigenvalue weighted by atomic mass is 10.2. The summed E-state index contributed by atoms with van der Waals surface area (Å²) in [6, 6.07) is 5.72. The number of hydrogen-bond acceptors (Lipinski definition) is 2. The second-order valence-electron chi connectivity index (χ2n) is 3.08. The Morgan fingerprint density at radius 2 is 2.33 bits per heavy atom.